The van der Waals surface area contributed by atoms with Crippen LogP contribution in [0.3, 0.4) is 0 Å². The summed E-state index contributed by atoms with van der Waals surface area (Å²) in [5.74, 6) is 0.370. The van der Waals surface area contributed by atoms with Crippen LogP contribution in [0.4, 0.5) is 4.79 Å². The van der Waals surface area contributed by atoms with Crippen molar-refractivity contribution in [1.82, 2.24) is 24.6 Å². The lowest BCUT2D eigenvalue weighted by molar-refractivity contribution is 0.0165. The molecule has 3 rings (SSSR count). The third-order valence-corrected chi connectivity index (χ3v) is 4.35. The van der Waals surface area contributed by atoms with Gasteiger partial charge in [-0.1, -0.05) is 0 Å². The molecule has 7 heteroatoms. The molecule has 3 heterocycles. The van der Waals surface area contributed by atoms with Gasteiger partial charge in [0, 0.05) is 38.1 Å². The van der Waals surface area contributed by atoms with Crippen molar-refractivity contribution in [1.29, 1.82) is 0 Å². The molecule has 0 aliphatic carbocycles. The minimum absolute atomic E-state index is 0.225. The van der Waals surface area contributed by atoms with Crippen molar-refractivity contribution < 1.29 is 9.53 Å². The zero-order chi connectivity index (χ0) is 18.7. The SMILES string of the molecule is Cn1cc(-c2cncc(C[C@H]3CCCN(C(=O)OC(C)(C)C)C3)n2)cn1. The Morgan fingerprint density at radius 3 is 2.81 bits per heavy atom. The van der Waals surface area contributed by atoms with E-state index >= 15 is 0 Å². The summed E-state index contributed by atoms with van der Waals surface area (Å²) in [5, 5.41) is 4.19. The van der Waals surface area contributed by atoms with E-state index in [-0.39, 0.29) is 6.09 Å². The number of nitrogens with zero attached hydrogens (tertiary/aromatic N) is 5. The molecule has 2 aromatic heterocycles. The van der Waals surface area contributed by atoms with Gasteiger partial charge < -0.3 is 9.64 Å². The quantitative estimate of drug-likeness (QED) is 0.844. The molecule has 0 bridgehead atoms. The van der Waals surface area contributed by atoms with Crippen LogP contribution in [0.5, 0.6) is 0 Å². The van der Waals surface area contributed by atoms with Gasteiger partial charge in [0.1, 0.15) is 5.60 Å². The van der Waals surface area contributed by atoms with Gasteiger partial charge in [0.25, 0.3) is 0 Å². The van der Waals surface area contributed by atoms with Crippen LogP contribution < -0.4 is 0 Å². The summed E-state index contributed by atoms with van der Waals surface area (Å²) in [6.07, 6.45) is 9.94. The number of amides is 1. The zero-order valence-electron chi connectivity index (χ0n) is 16.0. The Kier molecular flexibility index (Phi) is 5.25. The Bertz CT molecular complexity index is 765. The lowest BCUT2D eigenvalue weighted by Crippen LogP contribution is -2.43. The first kappa shape index (κ1) is 18.4. The van der Waals surface area contributed by atoms with E-state index < -0.39 is 5.60 Å². The molecule has 1 amide bonds. The second-order valence-corrected chi connectivity index (χ2v) is 7.94. The Hall–Kier alpha value is -2.44. The van der Waals surface area contributed by atoms with Crippen molar-refractivity contribution in [2.24, 2.45) is 13.0 Å². The highest BCUT2D eigenvalue weighted by atomic mass is 16.6. The van der Waals surface area contributed by atoms with Gasteiger partial charge in [0.15, 0.2) is 0 Å². The van der Waals surface area contributed by atoms with E-state index in [1.807, 2.05) is 45.1 Å². The summed E-state index contributed by atoms with van der Waals surface area (Å²) in [6.45, 7) is 7.14. The van der Waals surface area contributed by atoms with E-state index in [0.29, 0.717) is 12.5 Å². The Balaban J connectivity index is 1.64. The van der Waals surface area contributed by atoms with Gasteiger partial charge >= 0.3 is 6.09 Å². The first-order valence-corrected chi connectivity index (χ1v) is 9.08. The molecule has 1 aliphatic heterocycles. The molecular weight excluding hydrogens is 330 g/mol. The molecule has 1 fully saturated rings. The predicted octanol–water partition coefficient (Wildman–Crippen LogP) is 3.07. The van der Waals surface area contributed by atoms with Crippen LogP contribution in [0.2, 0.25) is 0 Å². The van der Waals surface area contributed by atoms with Crippen molar-refractivity contribution in [3.63, 3.8) is 0 Å². The third kappa shape index (κ3) is 4.80. The highest BCUT2D eigenvalue weighted by Gasteiger charge is 2.28. The van der Waals surface area contributed by atoms with Crippen molar-refractivity contribution >= 4 is 6.09 Å². The molecular formula is C19H27N5O2. The smallest absolute Gasteiger partial charge is 0.410 e. The molecule has 0 aromatic carbocycles. The maximum absolute atomic E-state index is 12.3. The van der Waals surface area contributed by atoms with Gasteiger partial charge in [-0.05, 0) is 46.0 Å². The predicted molar refractivity (Wildman–Crippen MR) is 98.5 cm³/mol. The van der Waals surface area contributed by atoms with Crippen molar-refractivity contribution in [3.8, 4) is 11.3 Å². The molecule has 1 atom stereocenters. The number of hydrogen-bond acceptors (Lipinski definition) is 5. The van der Waals surface area contributed by atoms with Crippen LogP contribution in [0, 0.1) is 5.92 Å². The van der Waals surface area contributed by atoms with Crippen LogP contribution in [0.15, 0.2) is 24.8 Å². The van der Waals surface area contributed by atoms with E-state index in [0.717, 1.165) is 42.8 Å². The molecule has 0 radical (unpaired) electrons. The summed E-state index contributed by atoms with van der Waals surface area (Å²) < 4.78 is 7.26. The van der Waals surface area contributed by atoms with E-state index in [1.54, 1.807) is 17.1 Å². The second kappa shape index (κ2) is 7.43. The summed E-state index contributed by atoms with van der Waals surface area (Å²) in [4.78, 5) is 23.2. The average molecular weight is 357 g/mol. The van der Waals surface area contributed by atoms with Crippen molar-refractivity contribution in [2.45, 2.75) is 45.6 Å². The topological polar surface area (TPSA) is 73.1 Å². The Morgan fingerprint density at radius 2 is 2.12 bits per heavy atom. The lowest BCUT2D eigenvalue weighted by Gasteiger charge is -2.34. The number of carbonyl (C=O) groups is 1. The molecule has 26 heavy (non-hydrogen) atoms. The van der Waals surface area contributed by atoms with E-state index in [2.05, 4.69) is 10.1 Å². The Morgan fingerprint density at radius 1 is 1.31 bits per heavy atom. The molecule has 0 N–H and O–H groups in total. The maximum Gasteiger partial charge on any atom is 0.410 e. The van der Waals surface area contributed by atoms with Gasteiger partial charge in [-0.3, -0.25) is 9.67 Å². The first-order valence-electron chi connectivity index (χ1n) is 9.08. The molecule has 7 nitrogen and oxygen atoms in total. The number of aromatic nitrogens is 4. The van der Waals surface area contributed by atoms with Crippen LogP contribution >= 0.6 is 0 Å². The van der Waals surface area contributed by atoms with Crippen LogP contribution in [-0.4, -0.2) is 49.4 Å². The van der Waals surface area contributed by atoms with E-state index in [9.17, 15) is 4.79 Å². The minimum Gasteiger partial charge on any atom is -0.444 e. The van der Waals surface area contributed by atoms with Crippen LogP contribution in [0.1, 0.15) is 39.3 Å². The normalized spacial score (nSPS) is 18.0. The fourth-order valence-corrected chi connectivity index (χ4v) is 3.22. The van der Waals surface area contributed by atoms with Crippen molar-refractivity contribution in [3.05, 3.63) is 30.5 Å². The minimum atomic E-state index is -0.465. The van der Waals surface area contributed by atoms with Gasteiger partial charge in [-0.25, -0.2) is 9.78 Å². The van der Waals surface area contributed by atoms with Crippen LogP contribution in [0.25, 0.3) is 11.3 Å². The molecule has 1 aliphatic rings. The molecule has 0 unspecified atom stereocenters. The standard InChI is InChI=1S/C19H27N5O2/c1-19(2,3)26-18(25)24-7-5-6-14(12-24)8-16-10-20-11-17(22-16)15-9-21-23(4)13-15/h9-11,13-14H,5-8,12H2,1-4H3/t14-/m1/s1. The number of piperidine rings is 1. The average Bonchev–Trinajstić information content (AvgIpc) is 3.00. The Labute approximate surface area is 154 Å². The number of likely N-dealkylation sites (tertiary alicyclic amines) is 1. The lowest BCUT2D eigenvalue weighted by atomic mass is 9.93. The number of ether oxygens (including phenoxy) is 1. The number of carbonyl (C=O) groups excluding carboxylic acids is 1. The highest BCUT2D eigenvalue weighted by molar-refractivity contribution is 5.68. The van der Waals surface area contributed by atoms with Gasteiger partial charge in [-0.15, -0.1) is 0 Å². The zero-order valence-corrected chi connectivity index (χ0v) is 16.0. The molecule has 1 saturated heterocycles. The summed E-state index contributed by atoms with van der Waals surface area (Å²) in [5.41, 5.74) is 2.27. The largest absolute Gasteiger partial charge is 0.444 e. The fraction of sp³-hybridized carbons (Fsp3) is 0.579. The fourth-order valence-electron chi connectivity index (χ4n) is 3.22. The molecule has 140 valence electrons. The number of aryl methyl sites for hydroxylation is 1. The second-order valence-electron chi connectivity index (χ2n) is 7.94. The molecule has 0 saturated carbocycles. The highest BCUT2D eigenvalue weighted by Crippen LogP contribution is 2.23. The number of hydrogen-bond donors (Lipinski definition) is 0. The van der Waals surface area contributed by atoms with E-state index in [1.165, 1.54) is 0 Å². The first-order chi connectivity index (χ1) is 12.3. The van der Waals surface area contributed by atoms with E-state index in [4.69, 9.17) is 9.72 Å². The summed E-state index contributed by atoms with van der Waals surface area (Å²) in [6, 6.07) is 0. The third-order valence-electron chi connectivity index (χ3n) is 4.35. The number of rotatable bonds is 3. The monoisotopic (exact) mass is 357 g/mol. The van der Waals surface area contributed by atoms with Gasteiger partial charge in [-0.2, -0.15) is 5.10 Å². The van der Waals surface area contributed by atoms with Gasteiger partial charge in [0.05, 0.1) is 23.8 Å². The maximum atomic E-state index is 12.3. The van der Waals surface area contributed by atoms with Gasteiger partial charge in [0.2, 0.25) is 0 Å². The molecule has 0 spiro atoms. The van der Waals surface area contributed by atoms with Crippen LogP contribution in [-0.2, 0) is 18.2 Å². The summed E-state index contributed by atoms with van der Waals surface area (Å²) in [7, 11) is 1.88. The molecule has 2 aromatic rings. The van der Waals surface area contributed by atoms with Crippen molar-refractivity contribution in [2.75, 3.05) is 13.1 Å². The summed E-state index contributed by atoms with van der Waals surface area (Å²) >= 11 is 0.